The Kier molecular flexibility index (Phi) is 7.00. The van der Waals surface area contributed by atoms with Crippen LogP contribution in [-0.2, 0) is 13.1 Å². The molecule has 1 aromatic heterocycles. The summed E-state index contributed by atoms with van der Waals surface area (Å²) in [6.45, 7) is 1.06. The summed E-state index contributed by atoms with van der Waals surface area (Å²) in [7, 11) is 1.85. The van der Waals surface area contributed by atoms with E-state index in [1.807, 2.05) is 55.7 Å². The van der Waals surface area contributed by atoms with Crippen molar-refractivity contribution in [3.8, 4) is 0 Å². The molecule has 0 fully saturated rings. The minimum absolute atomic E-state index is 0.0565. The highest BCUT2D eigenvalue weighted by molar-refractivity contribution is 7.99. The van der Waals surface area contributed by atoms with Gasteiger partial charge in [0, 0.05) is 34.2 Å². The Hall–Kier alpha value is -2.90. The third kappa shape index (κ3) is 5.55. The number of aromatic nitrogens is 2. The van der Waals surface area contributed by atoms with Crippen LogP contribution in [0.15, 0.2) is 75.7 Å². The number of aldehydes is 1. The molecule has 0 saturated heterocycles. The summed E-state index contributed by atoms with van der Waals surface area (Å²) in [4.78, 5) is 13.6. The fraction of sp³-hybridized carbons (Fsp3) is 0.190. The van der Waals surface area contributed by atoms with Crippen LogP contribution in [-0.4, -0.2) is 46.1 Å². The van der Waals surface area contributed by atoms with E-state index in [2.05, 4.69) is 22.3 Å². The van der Waals surface area contributed by atoms with Crippen LogP contribution in [0.3, 0.4) is 0 Å². The van der Waals surface area contributed by atoms with E-state index < -0.39 is 0 Å². The molecule has 0 saturated carbocycles. The smallest absolute Gasteiger partial charge is 0.150 e. The Labute approximate surface area is 168 Å². The topological polar surface area (TPSA) is 70.7 Å². The van der Waals surface area contributed by atoms with Crippen molar-refractivity contribution in [3.05, 3.63) is 77.6 Å². The lowest BCUT2D eigenvalue weighted by molar-refractivity contribution is 0.112. The molecule has 0 aliphatic heterocycles. The third-order valence-corrected chi connectivity index (χ3v) is 4.97. The molecule has 0 bridgehead atoms. The van der Waals surface area contributed by atoms with Gasteiger partial charge in [-0.2, -0.15) is 10.2 Å². The first-order valence-electron chi connectivity index (χ1n) is 8.88. The minimum atomic E-state index is 0.0565. The average Bonchev–Trinajstić information content (AvgIpc) is 3.14. The molecule has 0 radical (unpaired) electrons. The van der Waals surface area contributed by atoms with Gasteiger partial charge in [0.15, 0.2) is 6.29 Å². The Balaban J connectivity index is 1.70. The largest absolute Gasteiger partial charge is 0.394 e. The van der Waals surface area contributed by atoms with Gasteiger partial charge in [-0.15, -0.1) is 0 Å². The van der Waals surface area contributed by atoms with Gasteiger partial charge in [-0.25, -0.2) is 0 Å². The van der Waals surface area contributed by atoms with Gasteiger partial charge in [0.25, 0.3) is 0 Å². The Morgan fingerprint density at radius 1 is 1.14 bits per heavy atom. The number of benzene rings is 2. The van der Waals surface area contributed by atoms with Crippen LogP contribution in [0, 0.1) is 0 Å². The van der Waals surface area contributed by atoms with Crippen molar-refractivity contribution in [1.82, 2.24) is 14.8 Å². The van der Waals surface area contributed by atoms with E-state index in [9.17, 15) is 4.79 Å². The zero-order valence-electron chi connectivity index (χ0n) is 15.6. The number of carbonyl (C=O) groups excluding carboxylic acids is 1. The number of hydrogen-bond acceptors (Lipinski definition) is 6. The number of aliphatic hydroxyl groups excluding tert-OH is 1. The van der Waals surface area contributed by atoms with E-state index in [1.54, 1.807) is 27.7 Å². The second-order valence-corrected chi connectivity index (χ2v) is 7.32. The van der Waals surface area contributed by atoms with Gasteiger partial charge < -0.3 is 5.11 Å². The Bertz CT molecular complexity index is 941. The van der Waals surface area contributed by atoms with Crippen LogP contribution in [0.1, 0.15) is 21.6 Å². The van der Waals surface area contributed by atoms with Crippen molar-refractivity contribution in [3.63, 3.8) is 0 Å². The van der Waals surface area contributed by atoms with Crippen molar-refractivity contribution in [1.29, 1.82) is 0 Å². The number of carbonyl (C=O) groups is 1. The van der Waals surface area contributed by atoms with Crippen LogP contribution in [0.4, 0.5) is 0 Å². The minimum Gasteiger partial charge on any atom is -0.394 e. The molecule has 0 aliphatic rings. The molecule has 7 heteroatoms. The predicted octanol–water partition coefficient (Wildman–Crippen LogP) is 3.31. The van der Waals surface area contributed by atoms with E-state index in [0.29, 0.717) is 18.7 Å². The first-order valence-corrected chi connectivity index (χ1v) is 9.70. The van der Waals surface area contributed by atoms with Crippen LogP contribution in [0.25, 0.3) is 0 Å². The average molecular weight is 395 g/mol. The highest BCUT2D eigenvalue weighted by atomic mass is 32.2. The molecule has 6 nitrogen and oxygen atoms in total. The van der Waals surface area contributed by atoms with Crippen molar-refractivity contribution in [2.45, 2.75) is 22.9 Å². The maximum absolute atomic E-state index is 11.4. The van der Waals surface area contributed by atoms with Crippen molar-refractivity contribution < 1.29 is 9.90 Å². The molecule has 3 rings (SSSR count). The summed E-state index contributed by atoms with van der Waals surface area (Å²) < 4.78 is 1.70. The van der Waals surface area contributed by atoms with Gasteiger partial charge in [-0.05, 0) is 36.4 Å². The highest BCUT2D eigenvalue weighted by Crippen LogP contribution is 2.28. The summed E-state index contributed by atoms with van der Waals surface area (Å²) in [5, 5.41) is 19.5. The SMILES string of the molecule is CN(Cc1ccn(CCO)n1)/N=C\c1cc(Sc2ccccc2)ccc1C=O. The lowest BCUT2D eigenvalue weighted by atomic mass is 10.1. The highest BCUT2D eigenvalue weighted by Gasteiger charge is 2.05. The molecule has 0 amide bonds. The Morgan fingerprint density at radius 2 is 1.96 bits per heavy atom. The number of hydrogen-bond donors (Lipinski definition) is 1. The number of aliphatic hydroxyl groups is 1. The zero-order valence-corrected chi connectivity index (χ0v) is 16.4. The normalized spacial score (nSPS) is 11.1. The molecule has 0 aliphatic carbocycles. The fourth-order valence-electron chi connectivity index (χ4n) is 2.61. The molecule has 0 spiro atoms. The maximum Gasteiger partial charge on any atom is 0.150 e. The van der Waals surface area contributed by atoms with E-state index in [1.165, 1.54) is 0 Å². The molecule has 0 unspecified atom stereocenters. The second-order valence-electron chi connectivity index (χ2n) is 6.18. The lowest BCUT2D eigenvalue weighted by Crippen LogP contribution is -2.12. The van der Waals surface area contributed by atoms with Crippen molar-refractivity contribution in [2.24, 2.45) is 5.10 Å². The third-order valence-electron chi connectivity index (χ3n) is 3.97. The van der Waals surface area contributed by atoms with E-state index >= 15 is 0 Å². The first-order chi connectivity index (χ1) is 13.7. The van der Waals surface area contributed by atoms with Gasteiger partial charge in [-0.3, -0.25) is 14.5 Å². The summed E-state index contributed by atoms with van der Waals surface area (Å²) in [5.74, 6) is 0. The van der Waals surface area contributed by atoms with Gasteiger partial charge in [-0.1, -0.05) is 30.0 Å². The predicted molar refractivity (Wildman–Crippen MR) is 111 cm³/mol. The molecular formula is C21H22N4O2S. The summed E-state index contributed by atoms with van der Waals surface area (Å²) in [5.41, 5.74) is 2.23. The molecule has 2 aromatic carbocycles. The standard InChI is InChI=1S/C21H22N4O2S/c1-24(15-19-9-10-25(23-19)11-12-26)22-14-18-13-21(8-7-17(18)16-27)28-20-5-3-2-4-6-20/h2-10,13-14,16,26H,11-12,15H2,1H3/b22-14-. The number of rotatable bonds is 9. The van der Waals surface area contributed by atoms with Gasteiger partial charge in [0.1, 0.15) is 0 Å². The summed E-state index contributed by atoms with van der Waals surface area (Å²) >= 11 is 1.64. The molecule has 28 heavy (non-hydrogen) atoms. The summed E-state index contributed by atoms with van der Waals surface area (Å²) in [6.07, 6.45) is 4.37. The fourth-order valence-corrected chi connectivity index (χ4v) is 3.50. The molecule has 1 heterocycles. The van der Waals surface area contributed by atoms with Crippen LogP contribution in [0.2, 0.25) is 0 Å². The van der Waals surface area contributed by atoms with Crippen LogP contribution < -0.4 is 0 Å². The monoisotopic (exact) mass is 394 g/mol. The first kappa shape index (κ1) is 19.9. The summed E-state index contributed by atoms with van der Waals surface area (Å²) in [6, 6.07) is 17.7. The molecular weight excluding hydrogens is 372 g/mol. The quantitative estimate of drug-likeness (QED) is 0.343. The van der Waals surface area contributed by atoms with E-state index in [4.69, 9.17) is 5.11 Å². The van der Waals surface area contributed by atoms with Gasteiger partial charge in [0.2, 0.25) is 0 Å². The molecule has 3 aromatic rings. The number of nitrogens with zero attached hydrogens (tertiary/aromatic N) is 4. The van der Waals surface area contributed by atoms with Crippen LogP contribution >= 0.6 is 11.8 Å². The molecule has 1 N–H and O–H groups in total. The second kappa shape index (κ2) is 9.87. The van der Waals surface area contributed by atoms with E-state index in [-0.39, 0.29) is 6.61 Å². The maximum atomic E-state index is 11.4. The van der Waals surface area contributed by atoms with Gasteiger partial charge >= 0.3 is 0 Å². The van der Waals surface area contributed by atoms with Gasteiger partial charge in [0.05, 0.1) is 31.6 Å². The molecule has 144 valence electrons. The zero-order chi connectivity index (χ0) is 19.8. The molecule has 0 atom stereocenters. The Morgan fingerprint density at radius 3 is 2.71 bits per heavy atom. The van der Waals surface area contributed by atoms with Crippen LogP contribution in [0.5, 0.6) is 0 Å². The van der Waals surface area contributed by atoms with Crippen molar-refractivity contribution >= 4 is 24.3 Å². The van der Waals surface area contributed by atoms with E-state index in [0.717, 1.165) is 27.3 Å². The lowest BCUT2D eigenvalue weighted by Gasteiger charge is -2.11. The number of hydrazone groups is 1. The van der Waals surface area contributed by atoms with Crippen molar-refractivity contribution in [2.75, 3.05) is 13.7 Å².